The lowest BCUT2D eigenvalue weighted by molar-refractivity contribution is -0.322. The number of ether oxygens (including phenoxy) is 11. The first kappa shape index (κ1) is 65.7. The number of aromatic hydroxyl groups is 8. The molecule has 95 heavy (non-hydrogen) atoms. The highest BCUT2D eigenvalue weighted by Gasteiger charge is 2.57. The molecule has 2 saturated heterocycles. The van der Waals surface area contributed by atoms with Crippen molar-refractivity contribution in [1.29, 1.82) is 0 Å². The van der Waals surface area contributed by atoms with Crippen molar-refractivity contribution in [3.63, 3.8) is 0 Å². The molecule has 2 aliphatic rings. The molecule has 27 heteroatoms. The highest BCUT2D eigenvalue weighted by Crippen LogP contribution is 2.37. The fourth-order valence-corrected chi connectivity index (χ4v) is 9.59. The van der Waals surface area contributed by atoms with E-state index in [1.807, 2.05) is 0 Å². The van der Waals surface area contributed by atoms with E-state index in [1.165, 1.54) is 24.3 Å². The van der Waals surface area contributed by atoms with Crippen LogP contribution in [0.15, 0.2) is 194 Å². The summed E-state index contributed by atoms with van der Waals surface area (Å²) in [4.78, 5) is 115. The molecular weight excluding hydrogens is 1250 g/mol. The lowest BCUT2D eigenvalue weighted by Gasteiger charge is -2.46. The number of benzene rings is 8. The minimum atomic E-state index is -2.28. The Labute approximate surface area is 536 Å². The van der Waals surface area contributed by atoms with E-state index in [2.05, 4.69) is 0 Å². The molecule has 0 radical (unpaired) electrons. The van der Waals surface area contributed by atoms with E-state index in [9.17, 15) is 79.2 Å². The van der Waals surface area contributed by atoms with E-state index in [1.54, 1.807) is 0 Å². The quantitative estimate of drug-likeness (QED) is 0.0277. The third-order valence-electron chi connectivity index (χ3n) is 14.5. The van der Waals surface area contributed by atoms with E-state index in [0.717, 1.165) is 170 Å². The summed E-state index contributed by atoms with van der Waals surface area (Å²) in [5.74, 6) is -12.0. The van der Waals surface area contributed by atoms with E-state index >= 15 is 0 Å². The smallest absolute Gasteiger partial charge is 0.340 e. The standard InChI is InChI=1S/C68H54O27/c69-43-17-1-35(2-18-43)59(77)85-33-51-53(89-60(78)36-3-19-44(70)20-4-36)55(91-62(80)38-7-23-46(72)24-8-38)57(93-64(82)40-11-27-48(74)28-12-40)67(87-51)86-34-52-54(90-61(79)37-5-21-45(71)22-6-37)56(92-63(81)39-9-25-47(73)26-10-39)58(94-65(83)41-13-29-49(75)30-14-41)68(88-52)95-66(84)42-15-31-50(76)32-16-42/h1-32,51-58,67-76H,33-34H2/t51-,52-,53+,54-,55+,56+,57-,58-,67+,68?/m1/s1. The van der Waals surface area contributed by atoms with Gasteiger partial charge in [-0.3, -0.25) is 0 Å². The number of hydrogen-bond acceptors (Lipinski definition) is 27. The van der Waals surface area contributed by atoms with Crippen molar-refractivity contribution in [2.75, 3.05) is 13.2 Å². The van der Waals surface area contributed by atoms with Crippen LogP contribution < -0.4 is 0 Å². The minimum Gasteiger partial charge on any atom is -0.508 e. The van der Waals surface area contributed by atoms with Crippen LogP contribution in [0.25, 0.3) is 0 Å². The number of esters is 8. The predicted molar refractivity (Wildman–Crippen MR) is 319 cm³/mol. The summed E-state index contributed by atoms with van der Waals surface area (Å²) in [5, 5.41) is 81.1. The van der Waals surface area contributed by atoms with Crippen LogP contribution in [-0.2, 0) is 52.1 Å². The van der Waals surface area contributed by atoms with Gasteiger partial charge in [0, 0.05) is 0 Å². The molecule has 10 atom stereocenters. The van der Waals surface area contributed by atoms with Gasteiger partial charge < -0.3 is 93.0 Å². The SMILES string of the molecule is O=C(OC[C@H]1O[C@H](OC[C@H]2OC(OC(=O)c3ccc(O)cc3)[C@H](OC(=O)c3ccc(O)cc3)[C@@H](OC(=O)c3ccc(O)cc3)[C@@H]2OC(=O)c2ccc(O)cc2)[C@H](OC(=O)c2ccc(O)cc2)[C@@H](OC(=O)c2ccc(O)cc2)[C@H]1OC(=O)c1ccc(O)cc1)c1ccc(O)cc1. The van der Waals surface area contributed by atoms with Gasteiger partial charge in [-0.1, -0.05) is 0 Å². The normalized spacial score (nSPS) is 20.5. The number of phenols is 8. The van der Waals surface area contributed by atoms with Gasteiger partial charge in [-0.05, 0) is 194 Å². The van der Waals surface area contributed by atoms with Crippen molar-refractivity contribution in [1.82, 2.24) is 0 Å². The number of rotatable bonds is 20. The molecule has 0 aliphatic carbocycles. The number of hydrogen-bond donors (Lipinski definition) is 8. The van der Waals surface area contributed by atoms with Crippen LogP contribution >= 0.6 is 0 Å². The molecule has 0 saturated carbocycles. The van der Waals surface area contributed by atoms with E-state index < -0.39 is 122 Å². The van der Waals surface area contributed by atoms with Crippen LogP contribution in [0, 0.1) is 0 Å². The maximum Gasteiger partial charge on any atom is 0.340 e. The monoisotopic (exact) mass is 1300 g/mol. The fraction of sp³-hybridized carbons (Fsp3) is 0.176. The highest BCUT2D eigenvalue weighted by molar-refractivity contribution is 5.94. The Morgan fingerprint density at radius 3 is 0.716 bits per heavy atom. The van der Waals surface area contributed by atoms with Crippen molar-refractivity contribution in [3.8, 4) is 46.0 Å². The molecule has 1 unspecified atom stereocenters. The number of carbonyl (C=O) groups is 8. The molecule has 8 aromatic carbocycles. The Morgan fingerprint density at radius 1 is 0.242 bits per heavy atom. The highest BCUT2D eigenvalue weighted by atomic mass is 16.8. The Kier molecular flexibility index (Phi) is 20.3. The second-order valence-corrected chi connectivity index (χ2v) is 21.0. The molecule has 8 N–H and O–H groups in total. The van der Waals surface area contributed by atoms with Gasteiger partial charge in [0.1, 0.15) is 64.8 Å². The van der Waals surface area contributed by atoms with Crippen molar-refractivity contribution in [2.45, 2.75) is 61.4 Å². The summed E-state index contributed by atoms with van der Waals surface area (Å²) >= 11 is 0. The Hall–Kier alpha value is -12.2. The van der Waals surface area contributed by atoms with Crippen LogP contribution in [0.1, 0.15) is 82.9 Å². The molecule has 0 spiro atoms. The first-order valence-electron chi connectivity index (χ1n) is 28.5. The summed E-state index contributed by atoms with van der Waals surface area (Å²) in [7, 11) is 0. The van der Waals surface area contributed by atoms with Crippen LogP contribution in [-0.4, -0.2) is 163 Å². The summed E-state index contributed by atoms with van der Waals surface area (Å²) in [6, 6.07) is 36.5. The lowest BCUT2D eigenvalue weighted by Crippen LogP contribution is -2.65. The van der Waals surface area contributed by atoms with E-state index in [-0.39, 0.29) is 90.5 Å². The molecular formula is C68H54O27. The van der Waals surface area contributed by atoms with Gasteiger partial charge in [0.05, 0.1) is 51.1 Å². The van der Waals surface area contributed by atoms with E-state index in [4.69, 9.17) is 52.1 Å². The lowest BCUT2D eigenvalue weighted by atomic mass is 9.96. The summed E-state index contributed by atoms with van der Waals surface area (Å²) in [6.07, 6.45) is -21.4. The molecule has 2 fully saturated rings. The van der Waals surface area contributed by atoms with Gasteiger partial charge in [0.15, 0.2) is 36.8 Å². The topological polar surface area (TPSA) is 400 Å². The molecule has 0 aromatic heterocycles. The van der Waals surface area contributed by atoms with Crippen LogP contribution in [0.2, 0.25) is 0 Å². The largest absolute Gasteiger partial charge is 0.508 e. The molecule has 8 aromatic rings. The van der Waals surface area contributed by atoms with Gasteiger partial charge >= 0.3 is 47.8 Å². The van der Waals surface area contributed by atoms with Gasteiger partial charge in [-0.15, -0.1) is 0 Å². The van der Waals surface area contributed by atoms with Crippen molar-refractivity contribution in [2.24, 2.45) is 0 Å². The zero-order valence-corrected chi connectivity index (χ0v) is 49.0. The predicted octanol–water partition coefficient (Wildman–Crippen LogP) is 7.17. The molecule has 2 aliphatic heterocycles. The van der Waals surface area contributed by atoms with Crippen molar-refractivity contribution < 1.29 is 131 Å². The molecule has 488 valence electrons. The van der Waals surface area contributed by atoms with Gasteiger partial charge in [-0.25, -0.2) is 38.4 Å². The fourth-order valence-electron chi connectivity index (χ4n) is 9.59. The second-order valence-electron chi connectivity index (χ2n) is 21.0. The maximum atomic E-state index is 14.5. The number of phenolic OH excluding ortho intramolecular Hbond substituents is 8. The maximum absolute atomic E-state index is 14.5. The summed E-state index contributed by atoms with van der Waals surface area (Å²) in [6.45, 7) is -2.06. The molecule has 0 amide bonds. The summed E-state index contributed by atoms with van der Waals surface area (Å²) in [5.41, 5.74) is -1.92. The first-order valence-corrected chi connectivity index (χ1v) is 28.5. The Morgan fingerprint density at radius 2 is 0.442 bits per heavy atom. The average molecular weight is 1300 g/mol. The van der Waals surface area contributed by atoms with Crippen LogP contribution in [0.3, 0.4) is 0 Å². The zero-order chi connectivity index (χ0) is 67.4. The molecule has 27 nitrogen and oxygen atoms in total. The van der Waals surface area contributed by atoms with Crippen molar-refractivity contribution >= 4 is 47.8 Å². The molecule has 2 heterocycles. The van der Waals surface area contributed by atoms with Gasteiger partial charge in [0.2, 0.25) is 12.4 Å². The molecule has 0 bridgehead atoms. The Bertz CT molecular complexity index is 4050. The first-order chi connectivity index (χ1) is 45.6. The average Bonchev–Trinajstić information content (AvgIpc) is 0.787. The second kappa shape index (κ2) is 29.4. The third kappa shape index (κ3) is 16.5. The van der Waals surface area contributed by atoms with Gasteiger partial charge in [-0.2, -0.15) is 0 Å². The minimum absolute atomic E-state index is 0.129. The summed E-state index contributed by atoms with van der Waals surface area (Å²) < 4.78 is 67.7. The number of carbonyl (C=O) groups excluding carboxylic acids is 8. The van der Waals surface area contributed by atoms with Crippen LogP contribution in [0.4, 0.5) is 0 Å². The molecule has 10 rings (SSSR count). The van der Waals surface area contributed by atoms with E-state index in [0.29, 0.717) is 0 Å². The van der Waals surface area contributed by atoms with Crippen molar-refractivity contribution in [3.05, 3.63) is 239 Å². The third-order valence-corrected chi connectivity index (χ3v) is 14.5. The van der Waals surface area contributed by atoms with Crippen LogP contribution in [0.5, 0.6) is 46.0 Å². The Balaban J connectivity index is 1.12. The zero-order valence-electron chi connectivity index (χ0n) is 49.0. The van der Waals surface area contributed by atoms with Gasteiger partial charge in [0.25, 0.3) is 0 Å².